The Hall–Kier alpha value is -1.24. The second kappa shape index (κ2) is 6.47. The first-order chi connectivity index (χ1) is 9.49. The monoisotopic (exact) mass is 337 g/mol. The van der Waals surface area contributed by atoms with Gasteiger partial charge in [0.25, 0.3) is 0 Å². The lowest BCUT2D eigenvalue weighted by Gasteiger charge is -2.17. The highest BCUT2D eigenvalue weighted by atomic mass is 79.9. The molecule has 0 radical (unpaired) electrons. The number of hydrogen-bond donors (Lipinski definition) is 1. The second-order valence-corrected chi connectivity index (χ2v) is 5.94. The molecule has 1 unspecified atom stereocenters. The van der Waals surface area contributed by atoms with Crippen molar-refractivity contribution in [1.82, 2.24) is 19.7 Å². The fourth-order valence-corrected chi connectivity index (χ4v) is 2.57. The number of likely N-dealkylation sites (N-methyl/N-ethyl adjacent to an activating group) is 1. The molecule has 0 saturated carbocycles. The first-order valence-electron chi connectivity index (χ1n) is 6.54. The lowest BCUT2D eigenvalue weighted by Crippen LogP contribution is -2.24. The van der Waals surface area contributed by atoms with Gasteiger partial charge in [0, 0.05) is 12.2 Å². The van der Waals surface area contributed by atoms with Crippen LogP contribution in [0.25, 0.3) is 0 Å². The Morgan fingerprint density at radius 3 is 2.80 bits per heavy atom. The standard InChI is InChI=1S/C14H20BrN5/c1-10-5-4-6-12(18-10)13(16)14-11(15)9-17-20(14)8-7-19(2)3/h4-6,9,13H,7-8,16H2,1-3H3. The highest BCUT2D eigenvalue weighted by molar-refractivity contribution is 9.10. The quantitative estimate of drug-likeness (QED) is 0.905. The zero-order valence-electron chi connectivity index (χ0n) is 12.0. The van der Waals surface area contributed by atoms with Crippen molar-refractivity contribution in [3.63, 3.8) is 0 Å². The number of pyridine rings is 1. The van der Waals surface area contributed by atoms with E-state index in [4.69, 9.17) is 5.73 Å². The molecule has 2 aromatic rings. The minimum atomic E-state index is -0.283. The van der Waals surface area contributed by atoms with Crippen molar-refractivity contribution in [3.8, 4) is 0 Å². The molecule has 0 bridgehead atoms. The average Bonchev–Trinajstić information content (AvgIpc) is 2.76. The van der Waals surface area contributed by atoms with Gasteiger partial charge in [0.2, 0.25) is 0 Å². The summed E-state index contributed by atoms with van der Waals surface area (Å²) in [6.45, 7) is 3.68. The van der Waals surface area contributed by atoms with Crippen molar-refractivity contribution in [2.75, 3.05) is 20.6 Å². The Morgan fingerprint density at radius 2 is 2.15 bits per heavy atom. The molecule has 0 fully saturated rings. The molecule has 2 N–H and O–H groups in total. The van der Waals surface area contributed by atoms with Crippen molar-refractivity contribution < 1.29 is 0 Å². The molecular formula is C14H20BrN5. The number of nitrogens with zero attached hydrogens (tertiary/aromatic N) is 4. The summed E-state index contributed by atoms with van der Waals surface area (Å²) in [5.41, 5.74) is 9.16. The van der Waals surface area contributed by atoms with Gasteiger partial charge in [0.1, 0.15) is 0 Å². The van der Waals surface area contributed by atoms with Crippen molar-refractivity contribution in [2.45, 2.75) is 19.5 Å². The van der Waals surface area contributed by atoms with Gasteiger partial charge in [-0.1, -0.05) is 6.07 Å². The van der Waals surface area contributed by atoms with Gasteiger partial charge < -0.3 is 10.6 Å². The molecule has 0 aliphatic carbocycles. The molecule has 0 amide bonds. The molecule has 6 heteroatoms. The summed E-state index contributed by atoms with van der Waals surface area (Å²) in [5.74, 6) is 0. The third kappa shape index (κ3) is 3.45. The van der Waals surface area contributed by atoms with E-state index in [0.29, 0.717) is 0 Å². The van der Waals surface area contributed by atoms with Crippen LogP contribution in [0, 0.1) is 6.92 Å². The van der Waals surface area contributed by atoms with Crippen LogP contribution in [0.15, 0.2) is 28.9 Å². The lowest BCUT2D eigenvalue weighted by molar-refractivity contribution is 0.367. The Labute approximate surface area is 127 Å². The summed E-state index contributed by atoms with van der Waals surface area (Å²) >= 11 is 3.54. The number of nitrogens with two attached hydrogens (primary N) is 1. The number of aromatic nitrogens is 3. The topological polar surface area (TPSA) is 60.0 Å². The molecule has 0 saturated heterocycles. The molecule has 1 atom stereocenters. The summed E-state index contributed by atoms with van der Waals surface area (Å²) in [4.78, 5) is 6.63. The highest BCUT2D eigenvalue weighted by Gasteiger charge is 2.19. The SMILES string of the molecule is Cc1cccc(C(N)c2c(Br)cnn2CCN(C)C)n1. The van der Waals surface area contributed by atoms with E-state index in [1.807, 2.05) is 43.9 Å². The summed E-state index contributed by atoms with van der Waals surface area (Å²) in [7, 11) is 4.08. The predicted octanol–water partition coefficient (Wildman–Crippen LogP) is 1.96. The molecule has 0 aliphatic rings. The maximum Gasteiger partial charge on any atom is 0.0908 e. The number of hydrogen-bond acceptors (Lipinski definition) is 4. The van der Waals surface area contributed by atoms with E-state index >= 15 is 0 Å². The van der Waals surface area contributed by atoms with E-state index in [1.54, 1.807) is 6.20 Å². The van der Waals surface area contributed by atoms with Crippen molar-refractivity contribution >= 4 is 15.9 Å². The zero-order chi connectivity index (χ0) is 14.7. The van der Waals surface area contributed by atoms with Gasteiger partial charge in [-0.2, -0.15) is 5.10 Å². The molecule has 20 heavy (non-hydrogen) atoms. The normalized spacial score (nSPS) is 12.9. The Balaban J connectivity index is 2.29. The molecule has 0 aliphatic heterocycles. The fraction of sp³-hybridized carbons (Fsp3) is 0.429. The summed E-state index contributed by atoms with van der Waals surface area (Å²) in [6.07, 6.45) is 1.79. The van der Waals surface area contributed by atoms with E-state index in [0.717, 1.165) is 34.6 Å². The van der Waals surface area contributed by atoms with Crippen LogP contribution in [-0.2, 0) is 6.54 Å². The molecule has 2 rings (SSSR count). The lowest BCUT2D eigenvalue weighted by atomic mass is 10.1. The smallest absolute Gasteiger partial charge is 0.0908 e. The Bertz CT molecular complexity index is 579. The predicted molar refractivity (Wildman–Crippen MR) is 83.5 cm³/mol. The van der Waals surface area contributed by atoms with Gasteiger partial charge in [0.05, 0.1) is 34.6 Å². The number of rotatable bonds is 5. The maximum absolute atomic E-state index is 6.37. The summed E-state index contributed by atoms with van der Waals surface area (Å²) in [5, 5.41) is 4.39. The average molecular weight is 338 g/mol. The van der Waals surface area contributed by atoms with Crippen LogP contribution in [-0.4, -0.2) is 40.3 Å². The molecule has 0 aromatic carbocycles. The van der Waals surface area contributed by atoms with Crippen LogP contribution in [0.4, 0.5) is 0 Å². The molecule has 0 spiro atoms. The minimum Gasteiger partial charge on any atom is -0.318 e. The second-order valence-electron chi connectivity index (χ2n) is 5.09. The first kappa shape index (κ1) is 15.2. The van der Waals surface area contributed by atoms with Gasteiger partial charge in [-0.3, -0.25) is 9.67 Å². The molecule has 2 heterocycles. The number of halogens is 1. The van der Waals surface area contributed by atoms with Gasteiger partial charge >= 0.3 is 0 Å². The minimum absolute atomic E-state index is 0.283. The van der Waals surface area contributed by atoms with Gasteiger partial charge in [-0.15, -0.1) is 0 Å². The van der Waals surface area contributed by atoms with Gasteiger partial charge in [-0.05, 0) is 49.1 Å². The first-order valence-corrected chi connectivity index (χ1v) is 7.33. The van der Waals surface area contributed by atoms with E-state index < -0.39 is 0 Å². The fourth-order valence-electron chi connectivity index (χ4n) is 2.03. The largest absolute Gasteiger partial charge is 0.318 e. The molecular weight excluding hydrogens is 318 g/mol. The number of aryl methyl sites for hydroxylation is 1. The molecule has 2 aromatic heterocycles. The maximum atomic E-state index is 6.37. The third-order valence-corrected chi connectivity index (χ3v) is 3.73. The van der Waals surface area contributed by atoms with E-state index in [1.165, 1.54) is 0 Å². The van der Waals surface area contributed by atoms with Crippen LogP contribution < -0.4 is 5.73 Å². The third-order valence-electron chi connectivity index (χ3n) is 3.12. The van der Waals surface area contributed by atoms with Crippen molar-refractivity contribution in [3.05, 3.63) is 46.0 Å². The van der Waals surface area contributed by atoms with E-state index in [-0.39, 0.29) is 6.04 Å². The molecule has 5 nitrogen and oxygen atoms in total. The summed E-state index contributed by atoms with van der Waals surface area (Å²) < 4.78 is 2.87. The van der Waals surface area contributed by atoms with E-state index in [2.05, 4.69) is 30.9 Å². The highest BCUT2D eigenvalue weighted by Crippen LogP contribution is 2.25. The van der Waals surface area contributed by atoms with Gasteiger partial charge in [0.15, 0.2) is 0 Å². The van der Waals surface area contributed by atoms with E-state index in [9.17, 15) is 0 Å². The van der Waals surface area contributed by atoms with Crippen molar-refractivity contribution in [2.24, 2.45) is 5.73 Å². The Morgan fingerprint density at radius 1 is 1.40 bits per heavy atom. The van der Waals surface area contributed by atoms with Crippen LogP contribution in [0.1, 0.15) is 23.1 Å². The van der Waals surface area contributed by atoms with Crippen LogP contribution in [0.2, 0.25) is 0 Å². The Kier molecular flexibility index (Phi) is 4.91. The zero-order valence-corrected chi connectivity index (χ0v) is 13.6. The summed E-state index contributed by atoms with van der Waals surface area (Å²) in [6, 6.07) is 5.61. The molecule has 108 valence electrons. The van der Waals surface area contributed by atoms with Crippen molar-refractivity contribution in [1.29, 1.82) is 0 Å². The van der Waals surface area contributed by atoms with Crippen LogP contribution in [0.5, 0.6) is 0 Å². The van der Waals surface area contributed by atoms with Gasteiger partial charge in [-0.25, -0.2) is 0 Å². The van der Waals surface area contributed by atoms with Crippen LogP contribution in [0.3, 0.4) is 0 Å². The van der Waals surface area contributed by atoms with Crippen LogP contribution >= 0.6 is 15.9 Å².